The molecular formula is C14H23N3O2. The minimum absolute atomic E-state index is 0.0856. The summed E-state index contributed by atoms with van der Waals surface area (Å²) < 4.78 is 0. The lowest BCUT2D eigenvalue weighted by Crippen LogP contribution is -2.50. The Morgan fingerprint density at radius 2 is 2.05 bits per heavy atom. The maximum Gasteiger partial charge on any atom is 0.235 e. The van der Waals surface area contributed by atoms with E-state index < -0.39 is 5.54 Å². The molecule has 1 saturated carbocycles. The summed E-state index contributed by atoms with van der Waals surface area (Å²) in [6.45, 7) is 1.61. The lowest BCUT2D eigenvalue weighted by Gasteiger charge is -2.27. The lowest BCUT2D eigenvalue weighted by atomic mass is 9.92. The third kappa shape index (κ3) is 3.92. The van der Waals surface area contributed by atoms with E-state index in [1.807, 2.05) is 4.90 Å². The molecule has 1 aliphatic carbocycles. The van der Waals surface area contributed by atoms with Gasteiger partial charge in [-0.05, 0) is 19.3 Å². The fourth-order valence-corrected chi connectivity index (χ4v) is 3.06. The smallest absolute Gasteiger partial charge is 0.235 e. The van der Waals surface area contributed by atoms with Gasteiger partial charge in [-0.15, -0.1) is 0 Å². The maximum atomic E-state index is 12.1. The molecule has 1 amide bonds. The highest BCUT2D eigenvalue weighted by molar-refractivity contribution is 5.79. The number of aliphatic hydroxyl groups is 1. The van der Waals surface area contributed by atoms with Crippen LogP contribution >= 0.6 is 0 Å². The molecule has 0 aromatic rings. The fraction of sp³-hybridized carbons (Fsp3) is 0.857. The van der Waals surface area contributed by atoms with E-state index in [0.29, 0.717) is 13.1 Å². The second-order valence-corrected chi connectivity index (χ2v) is 5.83. The fourth-order valence-electron chi connectivity index (χ4n) is 3.06. The van der Waals surface area contributed by atoms with Crippen LogP contribution in [0.3, 0.4) is 0 Å². The van der Waals surface area contributed by atoms with Crippen LogP contribution in [0.2, 0.25) is 0 Å². The van der Waals surface area contributed by atoms with Crippen molar-refractivity contribution in [3.63, 3.8) is 0 Å². The minimum atomic E-state index is -0.661. The summed E-state index contributed by atoms with van der Waals surface area (Å²) in [5, 5.41) is 21.8. The average molecular weight is 265 g/mol. The van der Waals surface area contributed by atoms with Gasteiger partial charge in [-0.25, -0.2) is 0 Å². The van der Waals surface area contributed by atoms with Gasteiger partial charge in [-0.2, -0.15) is 5.26 Å². The Morgan fingerprint density at radius 3 is 2.58 bits per heavy atom. The van der Waals surface area contributed by atoms with Gasteiger partial charge in [0.15, 0.2) is 0 Å². The molecule has 5 nitrogen and oxygen atoms in total. The summed E-state index contributed by atoms with van der Waals surface area (Å²) in [5.41, 5.74) is -0.661. The molecule has 2 aliphatic rings. The Morgan fingerprint density at radius 1 is 1.37 bits per heavy atom. The van der Waals surface area contributed by atoms with Crippen molar-refractivity contribution in [1.82, 2.24) is 10.2 Å². The predicted molar refractivity (Wildman–Crippen MR) is 71.3 cm³/mol. The monoisotopic (exact) mass is 265 g/mol. The second-order valence-electron chi connectivity index (χ2n) is 5.83. The van der Waals surface area contributed by atoms with Crippen molar-refractivity contribution < 1.29 is 9.90 Å². The van der Waals surface area contributed by atoms with Gasteiger partial charge in [0.25, 0.3) is 0 Å². The Bertz CT molecular complexity index is 356. The molecule has 2 rings (SSSR count). The molecule has 0 aromatic carbocycles. The van der Waals surface area contributed by atoms with E-state index in [1.165, 1.54) is 0 Å². The summed E-state index contributed by atoms with van der Waals surface area (Å²) in [4.78, 5) is 14.0. The van der Waals surface area contributed by atoms with E-state index in [9.17, 15) is 15.2 Å². The number of amides is 1. The molecule has 1 aliphatic heterocycles. The van der Waals surface area contributed by atoms with Gasteiger partial charge in [0.05, 0.1) is 18.7 Å². The first-order chi connectivity index (χ1) is 9.13. The van der Waals surface area contributed by atoms with Crippen LogP contribution in [0.4, 0.5) is 0 Å². The van der Waals surface area contributed by atoms with Crippen LogP contribution < -0.4 is 5.32 Å². The molecule has 1 heterocycles. The SMILES string of the molecule is N#CC1(NC(=O)CN2CC[C@H](O)C2)CCCCCC1. The number of nitrogens with one attached hydrogen (secondary N) is 1. The van der Waals surface area contributed by atoms with Crippen molar-refractivity contribution in [2.45, 2.75) is 56.6 Å². The number of likely N-dealkylation sites (tertiary alicyclic amines) is 1. The minimum Gasteiger partial charge on any atom is -0.392 e. The normalized spacial score (nSPS) is 27.5. The highest BCUT2D eigenvalue weighted by atomic mass is 16.3. The maximum absolute atomic E-state index is 12.1. The standard InChI is InChI=1S/C14H23N3O2/c15-11-14(6-3-1-2-4-7-14)16-13(19)10-17-8-5-12(18)9-17/h12,18H,1-10H2,(H,16,19)/t12-/m0/s1. The molecule has 0 unspecified atom stereocenters. The van der Waals surface area contributed by atoms with Crippen molar-refractivity contribution >= 4 is 5.91 Å². The molecule has 19 heavy (non-hydrogen) atoms. The molecule has 2 fully saturated rings. The predicted octanol–water partition coefficient (Wildman–Crippen LogP) is 0.786. The number of nitriles is 1. The number of hydrogen-bond acceptors (Lipinski definition) is 4. The van der Waals surface area contributed by atoms with Crippen LogP contribution in [0.25, 0.3) is 0 Å². The third-order valence-corrected chi connectivity index (χ3v) is 4.16. The van der Waals surface area contributed by atoms with E-state index in [0.717, 1.165) is 51.5 Å². The van der Waals surface area contributed by atoms with E-state index >= 15 is 0 Å². The number of hydrogen-bond donors (Lipinski definition) is 2. The first kappa shape index (κ1) is 14.3. The van der Waals surface area contributed by atoms with Crippen LogP contribution in [0.15, 0.2) is 0 Å². The van der Waals surface area contributed by atoms with Crippen LogP contribution in [0, 0.1) is 11.3 Å². The summed E-state index contributed by atoms with van der Waals surface area (Å²) in [7, 11) is 0. The van der Waals surface area contributed by atoms with Gasteiger partial charge in [0.2, 0.25) is 5.91 Å². The van der Waals surface area contributed by atoms with Crippen molar-refractivity contribution in [3.05, 3.63) is 0 Å². The van der Waals surface area contributed by atoms with E-state index in [4.69, 9.17) is 0 Å². The van der Waals surface area contributed by atoms with Gasteiger partial charge in [-0.3, -0.25) is 9.69 Å². The Hall–Kier alpha value is -1.12. The number of rotatable bonds is 3. The van der Waals surface area contributed by atoms with Gasteiger partial charge >= 0.3 is 0 Å². The summed E-state index contributed by atoms with van der Waals surface area (Å²) in [6.07, 6.45) is 6.27. The largest absolute Gasteiger partial charge is 0.392 e. The van der Waals surface area contributed by atoms with Crippen LogP contribution in [-0.4, -0.2) is 47.2 Å². The van der Waals surface area contributed by atoms with E-state index in [-0.39, 0.29) is 12.0 Å². The Labute approximate surface area is 114 Å². The van der Waals surface area contributed by atoms with Gasteiger partial charge in [-0.1, -0.05) is 25.7 Å². The number of nitrogens with zero attached hydrogens (tertiary/aromatic N) is 2. The number of β-amino-alcohol motifs (C(OH)–C–C–N with tert-alkyl or cyclic N) is 1. The first-order valence-electron chi connectivity index (χ1n) is 7.26. The van der Waals surface area contributed by atoms with Crippen LogP contribution in [0.1, 0.15) is 44.9 Å². The second kappa shape index (κ2) is 6.36. The summed E-state index contributed by atoms with van der Waals surface area (Å²) >= 11 is 0. The molecule has 1 atom stereocenters. The molecular weight excluding hydrogens is 242 g/mol. The van der Waals surface area contributed by atoms with Crippen molar-refractivity contribution in [2.24, 2.45) is 0 Å². The topological polar surface area (TPSA) is 76.4 Å². The number of carbonyl (C=O) groups is 1. The highest BCUT2D eigenvalue weighted by Gasteiger charge is 2.33. The van der Waals surface area contributed by atoms with Gasteiger partial charge < -0.3 is 10.4 Å². The third-order valence-electron chi connectivity index (χ3n) is 4.16. The van der Waals surface area contributed by atoms with Gasteiger partial charge in [0.1, 0.15) is 5.54 Å². The lowest BCUT2D eigenvalue weighted by molar-refractivity contribution is -0.123. The zero-order valence-corrected chi connectivity index (χ0v) is 11.4. The molecule has 5 heteroatoms. The highest BCUT2D eigenvalue weighted by Crippen LogP contribution is 2.26. The Kier molecular flexibility index (Phi) is 4.78. The van der Waals surface area contributed by atoms with Crippen molar-refractivity contribution in [1.29, 1.82) is 5.26 Å². The zero-order valence-electron chi connectivity index (χ0n) is 11.4. The van der Waals surface area contributed by atoms with Crippen LogP contribution in [-0.2, 0) is 4.79 Å². The van der Waals surface area contributed by atoms with Crippen molar-refractivity contribution in [2.75, 3.05) is 19.6 Å². The Balaban J connectivity index is 1.87. The summed E-state index contributed by atoms with van der Waals surface area (Å²) in [5.74, 6) is -0.0856. The molecule has 106 valence electrons. The molecule has 0 bridgehead atoms. The molecule has 2 N–H and O–H groups in total. The molecule has 0 aromatic heterocycles. The van der Waals surface area contributed by atoms with Crippen LogP contribution in [0.5, 0.6) is 0 Å². The zero-order chi connectivity index (χ0) is 13.7. The first-order valence-corrected chi connectivity index (χ1v) is 7.26. The molecule has 0 spiro atoms. The van der Waals surface area contributed by atoms with Crippen molar-refractivity contribution in [3.8, 4) is 6.07 Å². The average Bonchev–Trinajstić information content (AvgIpc) is 2.65. The number of aliphatic hydroxyl groups excluding tert-OH is 1. The molecule has 0 radical (unpaired) electrons. The van der Waals surface area contributed by atoms with E-state index in [2.05, 4.69) is 11.4 Å². The van der Waals surface area contributed by atoms with E-state index in [1.54, 1.807) is 0 Å². The number of carbonyl (C=O) groups excluding carboxylic acids is 1. The van der Waals surface area contributed by atoms with Gasteiger partial charge in [0, 0.05) is 13.1 Å². The summed E-state index contributed by atoms with van der Waals surface area (Å²) in [6, 6.07) is 2.32. The quantitative estimate of drug-likeness (QED) is 0.740. The molecule has 1 saturated heterocycles.